The van der Waals surface area contributed by atoms with Gasteiger partial charge < -0.3 is 10.0 Å². The summed E-state index contributed by atoms with van der Waals surface area (Å²) in [6.45, 7) is 0.481. The van der Waals surface area contributed by atoms with Gasteiger partial charge in [0.15, 0.2) is 5.60 Å². The fourth-order valence-corrected chi connectivity index (χ4v) is 3.59. The van der Waals surface area contributed by atoms with Crippen molar-refractivity contribution >= 4 is 5.91 Å². The fourth-order valence-electron chi connectivity index (χ4n) is 3.59. The molecule has 1 saturated heterocycles. The topological polar surface area (TPSA) is 40.5 Å². The zero-order valence-electron chi connectivity index (χ0n) is 13.7. The van der Waals surface area contributed by atoms with Crippen molar-refractivity contribution in [1.29, 1.82) is 0 Å². The van der Waals surface area contributed by atoms with E-state index in [-0.39, 0.29) is 5.91 Å². The minimum absolute atomic E-state index is 0.253. The first-order valence-electron chi connectivity index (χ1n) is 8.39. The summed E-state index contributed by atoms with van der Waals surface area (Å²) in [4.78, 5) is 14.7. The van der Waals surface area contributed by atoms with E-state index in [0.717, 1.165) is 11.1 Å². The first-order chi connectivity index (χ1) is 12.2. The average molecular weight is 329 g/mol. The third kappa shape index (κ3) is 2.53. The van der Waals surface area contributed by atoms with Crippen LogP contribution in [0.15, 0.2) is 91.0 Å². The number of likely N-dealkylation sites (tertiary alicyclic amines) is 1. The molecule has 3 heteroatoms. The molecule has 2 unspecified atom stereocenters. The second-order valence-corrected chi connectivity index (χ2v) is 6.36. The second kappa shape index (κ2) is 6.19. The Labute approximate surface area is 147 Å². The van der Waals surface area contributed by atoms with Crippen LogP contribution in [0.2, 0.25) is 0 Å². The molecular formula is C22H19NO2. The number of carbonyl (C=O) groups is 1. The van der Waals surface area contributed by atoms with E-state index in [1.54, 1.807) is 4.90 Å². The number of amides is 1. The third-order valence-electron chi connectivity index (χ3n) is 4.82. The van der Waals surface area contributed by atoms with Crippen LogP contribution >= 0.6 is 0 Å². The lowest BCUT2D eigenvalue weighted by molar-refractivity contribution is -0.198. The zero-order chi connectivity index (χ0) is 17.3. The Hall–Kier alpha value is -2.91. The maximum atomic E-state index is 12.9. The van der Waals surface area contributed by atoms with E-state index in [1.165, 1.54) is 0 Å². The molecule has 3 nitrogen and oxygen atoms in total. The summed E-state index contributed by atoms with van der Waals surface area (Å²) in [5, 5.41) is 11.3. The number of carbonyl (C=O) groups excluding carboxylic acids is 1. The van der Waals surface area contributed by atoms with Crippen LogP contribution in [-0.4, -0.2) is 15.9 Å². The molecule has 0 aromatic heterocycles. The quantitative estimate of drug-likeness (QED) is 0.742. The summed E-state index contributed by atoms with van der Waals surface area (Å²) < 4.78 is 0. The zero-order valence-corrected chi connectivity index (χ0v) is 13.7. The largest absolute Gasteiger partial charge is 0.373 e. The third-order valence-corrected chi connectivity index (χ3v) is 4.82. The molecule has 1 aliphatic heterocycles. The smallest absolute Gasteiger partial charge is 0.262 e. The molecule has 1 N–H and O–H groups in total. The Morgan fingerprint density at radius 2 is 1.32 bits per heavy atom. The molecule has 1 fully saturated rings. The maximum absolute atomic E-state index is 12.9. The highest BCUT2D eigenvalue weighted by molar-refractivity contribution is 5.94. The molecule has 0 saturated carbocycles. The number of benzene rings is 3. The van der Waals surface area contributed by atoms with Crippen LogP contribution < -0.4 is 0 Å². The van der Waals surface area contributed by atoms with Crippen molar-refractivity contribution < 1.29 is 9.90 Å². The summed E-state index contributed by atoms with van der Waals surface area (Å²) in [7, 11) is 0. The average Bonchev–Trinajstić information content (AvgIpc) is 2.69. The van der Waals surface area contributed by atoms with Gasteiger partial charge in [0, 0.05) is 6.54 Å². The van der Waals surface area contributed by atoms with Gasteiger partial charge in [0.05, 0.1) is 6.04 Å². The Balaban J connectivity index is 1.75. The lowest BCUT2D eigenvalue weighted by atomic mass is 9.73. The van der Waals surface area contributed by atoms with E-state index in [0.29, 0.717) is 12.1 Å². The van der Waals surface area contributed by atoms with Gasteiger partial charge in [0.25, 0.3) is 5.91 Å². The van der Waals surface area contributed by atoms with Crippen molar-refractivity contribution in [1.82, 2.24) is 4.90 Å². The molecule has 1 amide bonds. The lowest BCUT2D eigenvalue weighted by Crippen LogP contribution is -2.65. The molecule has 2 atom stereocenters. The molecule has 0 spiro atoms. The number of rotatable bonds is 4. The highest BCUT2D eigenvalue weighted by Crippen LogP contribution is 2.50. The van der Waals surface area contributed by atoms with Crippen molar-refractivity contribution in [2.24, 2.45) is 0 Å². The lowest BCUT2D eigenvalue weighted by Gasteiger charge is -2.53. The van der Waals surface area contributed by atoms with Gasteiger partial charge in [-0.05, 0) is 16.7 Å². The minimum atomic E-state index is -1.52. The molecule has 124 valence electrons. The number of aliphatic hydroxyl groups is 1. The Kier molecular flexibility index (Phi) is 3.86. The second-order valence-electron chi connectivity index (χ2n) is 6.36. The highest BCUT2D eigenvalue weighted by Gasteiger charge is 2.61. The number of β-lactam (4-membered cyclic amide) rings is 1. The number of hydrogen-bond donors (Lipinski definition) is 1. The van der Waals surface area contributed by atoms with Crippen molar-refractivity contribution in [2.45, 2.75) is 18.2 Å². The monoisotopic (exact) mass is 329 g/mol. The van der Waals surface area contributed by atoms with Gasteiger partial charge in [-0.1, -0.05) is 91.0 Å². The normalized spacial score (nSPS) is 22.5. The predicted octanol–water partition coefficient (Wildman–Crippen LogP) is 3.66. The van der Waals surface area contributed by atoms with Crippen molar-refractivity contribution in [3.8, 4) is 0 Å². The number of nitrogens with zero attached hydrogens (tertiary/aromatic N) is 1. The molecule has 0 radical (unpaired) electrons. The highest BCUT2D eigenvalue weighted by atomic mass is 16.3. The van der Waals surface area contributed by atoms with E-state index < -0.39 is 11.6 Å². The Morgan fingerprint density at radius 1 is 0.800 bits per heavy atom. The summed E-state index contributed by atoms with van der Waals surface area (Å²) in [6, 6.07) is 28.4. The van der Waals surface area contributed by atoms with Crippen LogP contribution in [0, 0.1) is 0 Å². The number of hydrogen-bond acceptors (Lipinski definition) is 2. The van der Waals surface area contributed by atoms with Gasteiger partial charge in [-0.25, -0.2) is 0 Å². The molecule has 1 aliphatic rings. The molecule has 25 heavy (non-hydrogen) atoms. The summed E-state index contributed by atoms with van der Waals surface area (Å²) in [6.07, 6.45) is 0. The molecule has 3 aromatic rings. The first-order valence-corrected chi connectivity index (χ1v) is 8.39. The van der Waals surface area contributed by atoms with E-state index >= 15 is 0 Å². The van der Waals surface area contributed by atoms with E-state index in [4.69, 9.17) is 0 Å². The maximum Gasteiger partial charge on any atom is 0.262 e. The summed E-state index contributed by atoms with van der Waals surface area (Å²) >= 11 is 0. The van der Waals surface area contributed by atoms with Gasteiger partial charge in [-0.2, -0.15) is 0 Å². The molecule has 1 heterocycles. The van der Waals surface area contributed by atoms with Gasteiger partial charge in [-0.15, -0.1) is 0 Å². The van der Waals surface area contributed by atoms with Crippen LogP contribution in [0.5, 0.6) is 0 Å². The van der Waals surface area contributed by atoms with Gasteiger partial charge >= 0.3 is 0 Å². The fraction of sp³-hybridized carbons (Fsp3) is 0.136. The van der Waals surface area contributed by atoms with Gasteiger partial charge in [-0.3, -0.25) is 4.79 Å². The standard InChI is InChI=1S/C22H19NO2/c24-21-22(25,19-14-8-3-9-15-19)20(18-12-6-2-7-13-18)23(21)16-17-10-4-1-5-11-17/h1-15,20,25H,16H2. The Bertz CT molecular complexity index is 864. The van der Waals surface area contributed by atoms with Crippen LogP contribution in [0.3, 0.4) is 0 Å². The molecule has 4 rings (SSSR count). The van der Waals surface area contributed by atoms with E-state index in [1.807, 2.05) is 91.0 Å². The van der Waals surface area contributed by atoms with E-state index in [9.17, 15) is 9.90 Å². The van der Waals surface area contributed by atoms with Crippen LogP contribution in [0.25, 0.3) is 0 Å². The first kappa shape index (κ1) is 15.6. The van der Waals surface area contributed by atoms with Gasteiger partial charge in [0.2, 0.25) is 0 Å². The molecule has 3 aromatic carbocycles. The predicted molar refractivity (Wildman–Crippen MR) is 96.5 cm³/mol. The van der Waals surface area contributed by atoms with Crippen molar-refractivity contribution in [3.63, 3.8) is 0 Å². The Morgan fingerprint density at radius 3 is 1.92 bits per heavy atom. The van der Waals surface area contributed by atoms with Crippen molar-refractivity contribution in [3.05, 3.63) is 108 Å². The van der Waals surface area contributed by atoms with Crippen LogP contribution in [0.4, 0.5) is 0 Å². The van der Waals surface area contributed by atoms with Crippen LogP contribution in [0.1, 0.15) is 22.7 Å². The van der Waals surface area contributed by atoms with Gasteiger partial charge in [0.1, 0.15) is 0 Å². The molecule has 0 bridgehead atoms. The molecular weight excluding hydrogens is 310 g/mol. The molecule has 0 aliphatic carbocycles. The minimum Gasteiger partial charge on any atom is -0.373 e. The SMILES string of the molecule is O=C1N(Cc2ccccc2)C(c2ccccc2)C1(O)c1ccccc1. The van der Waals surface area contributed by atoms with Crippen LogP contribution in [-0.2, 0) is 16.9 Å². The van der Waals surface area contributed by atoms with Crippen molar-refractivity contribution in [2.75, 3.05) is 0 Å². The van der Waals surface area contributed by atoms with E-state index in [2.05, 4.69) is 0 Å². The summed E-state index contributed by atoms with van der Waals surface area (Å²) in [5.41, 5.74) is 1.10. The summed E-state index contributed by atoms with van der Waals surface area (Å²) in [5.74, 6) is -0.253.